The summed E-state index contributed by atoms with van der Waals surface area (Å²) in [6.45, 7) is 0. The molecule has 0 unspecified atom stereocenters. The Morgan fingerprint density at radius 3 is 2.55 bits per heavy atom. The molecule has 108 valence electrons. The van der Waals surface area contributed by atoms with E-state index in [0.29, 0.717) is 36.3 Å². The molecular formula is C15H18O5. The lowest BCUT2D eigenvalue weighted by Gasteiger charge is -2.15. The van der Waals surface area contributed by atoms with Crippen molar-refractivity contribution < 1.29 is 23.8 Å². The standard InChI is InChI=1S/C15H18O5/c1-18-12-8-9(4-7-13(17)19-2)10-5-6-11(16)14(10)15(12)20-3/h8H,4-7H2,1-3H3. The van der Waals surface area contributed by atoms with E-state index in [9.17, 15) is 9.59 Å². The first kappa shape index (κ1) is 14.4. The highest BCUT2D eigenvalue weighted by Crippen LogP contribution is 2.40. The molecule has 1 aromatic rings. The number of fused-ring (bicyclic) bond motifs is 1. The van der Waals surface area contributed by atoms with Gasteiger partial charge in [0.25, 0.3) is 0 Å². The number of rotatable bonds is 5. The van der Waals surface area contributed by atoms with Crippen LogP contribution < -0.4 is 9.47 Å². The quantitative estimate of drug-likeness (QED) is 0.770. The van der Waals surface area contributed by atoms with Gasteiger partial charge < -0.3 is 14.2 Å². The van der Waals surface area contributed by atoms with E-state index in [1.807, 2.05) is 6.07 Å². The van der Waals surface area contributed by atoms with Gasteiger partial charge in [0, 0.05) is 12.8 Å². The first-order chi connectivity index (χ1) is 9.62. The fourth-order valence-electron chi connectivity index (χ4n) is 2.59. The molecule has 0 radical (unpaired) electrons. The molecule has 1 aliphatic rings. The Hall–Kier alpha value is -2.04. The van der Waals surface area contributed by atoms with E-state index >= 15 is 0 Å². The zero-order valence-corrected chi connectivity index (χ0v) is 11.9. The van der Waals surface area contributed by atoms with Crippen LogP contribution in [0.25, 0.3) is 0 Å². The van der Waals surface area contributed by atoms with Gasteiger partial charge in [-0.05, 0) is 30.0 Å². The van der Waals surface area contributed by atoms with E-state index in [4.69, 9.17) is 9.47 Å². The van der Waals surface area contributed by atoms with Crippen molar-refractivity contribution in [3.63, 3.8) is 0 Å². The summed E-state index contributed by atoms with van der Waals surface area (Å²) in [5.41, 5.74) is 2.53. The van der Waals surface area contributed by atoms with Gasteiger partial charge in [0.05, 0.1) is 26.9 Å². The lowest BCUT2D eigenvalue weighted by atomic mass is 9.97. The summed E-state index contributed by atoms with van der Waals surface area (Å²) in [7, 11) is 4.43. The highest BCUT2D eigenvalue weighted by atomic mass is 16.5. The highest BCUT2D eigenvalue weighted by Gasteiger charge is 2.29. The summed E-state index contributed by atoms with van der Waals surface area (Å²) >= 11 is 0. The van der Waals surface area contributed by atoms with E-state index in [1.54, 1.807) is 0 Å². The summed E-state index contributed by atoms with van der Waals surface area (Å²) in [6, 6.07) is 1.85. The minimum absolute atomic E-state index is 0.0649. The van der Waals surface area contributed by atoms with E-state index in [-0.39, 0.29) is 18.2 Å². The van der Waals surface area contributed by atoms with Crippen LogP contribution >= 0.6 is 0 Å². The molecule has 0 heterocycles. The normalized spacial score (nSPS) is 13.1. The average Bonchev–Trinajstić information content (AvgIpc) is 2.86. The number of ketones is 1. The Morgan fingerprint density at radius 2 is 1.95 bits per heavy atom. The Labute approximate surface area is 117 Å². The second-order valence-electron chi connectivity index (χ2n) is 4.62. The Kier molecular flexibility index (Phi) is 4.27. The topological polar surface area (TPSA) is 61.8 Å². The van der Waals surface area contributed by atoms with Crippen molar-refractivity contribution in [1.29, 1.82) is 0 Å². The van der Waals surface area contributed by atoms with Crippen LogP contribution in [0.1, 0.15) is 34.3 Å². The van der Waals surface area contributed by atoms with Crippen molar-refractivity contribution in [2.24, 2.45) is 0 Å². The number of benzene rings is 1. The lowest BCUT2D eigenvalue weighted by molar-refractivity contribution is -0.140. The van der Waals surface area contributed by atoms with Gasteiger partial charge in [-0.25, -0.2) is 0 Å². The number of esters is 1. The average molecular weight is 278 g/mol. The van der Waals surface area contributed by atoms with Crippen LogP contribution in [0.4, 0.5) is 0 Å². The number of carbonyl (C=O) groups is 2. The number of Topliss-reactive ketones (excluding diaryl/α,β-unsaturated/α-hetero) is 1. The molecule has 5 nitrogen and oxygen atoms in total. The Bertz CT molecular complexity index is 548. The maximum absolute atomic E-state index is 12.0. The van der Waals surface area contributed by atoms with Gasteiger partial charge in [0.15, 0.2) is 17.3 Å². The number of hydrogen-bond donors (Lipinski definition) is 0. The van der Waals surface area contributed by atoms with Gasteiger partial charge in [-0.1, -0.05) is 0 Å². The number of ether oxygens (including phenoxy) is 3. The molecule has 0 spiro atoms. The van der Waals surface area contributed by atoms with Crippen molar-refractivity contribution in [2.75, 3.05) is 21.3 Å². The summed E-state index contributed by atoms with van der Waals surface area (Å²) in [6.07, 6.45) is 1.98. The first-order valence-electron chi connectivity index (χ1n) is 6.49. The molecule has 0 amide bonds. The van der Waals surface area contributed by atoms with Crippen LogP contribution in [0, 0.1) is 0 Å². The van der Waals surface area contributed by atoms with E-state index in [2.05, 4.69) is 4.74 Å². The fourth-order valence-corrected chi connectivity index (χ4v) is 2.59. The van der Waals surface area contributed by atoms with Gasteiger partial charge in [-0.3, -0.25) is 9.59 Å². The van der Waals surface area contributed by atoms with Crippen molar-refractivity contribution in [3.8, 4) is 11.5 Å². The van der Waals surface area contributed by atoms with Crippen LogP contribution in [0.5, 0.6) is 11.5 Å². The molecule has 0 aromatic heterocycles. The zero-order chi connectivity index (χ0) is 14.7. The van der Waals surface area contributed by atoms with Gasteiger partial charge in [0.1, 0.15) is 0 Å². The molecule has 0 bridgehead atoms. The zero-order valence-electron chi connectivity index (χ0n) is 11.9. The van der Waals surface area contributed by atoms with Gasteiger partial charge in [0.2, 0.25) is 0 Å². The molecule has 1 aromatic carbocycles. The van der Waals surface area contributed by atoms with E-state index in [1.165, 1.54) is 21.3 Å². The summed E-state index contributed by atoms with van der Waals surface area (Å²) in [5, 5.41) is 0. The molecule has 0 saturated heterocycles. The molecular weight excluding hydrogens is 260 g/mol. The van der Waals surface area contributed by atoms with Crippen molar-refractivity contribution >= 4 is 11.8 Å². The third-order valence-corrected chi connectivity index (χ3v) is 3.58. The summed E-state index contributed by atoms with van der Waals surface area (Å²) in [5.74, 6) is 0.820. The largest absolute Gasteiger partial charge is 0.493 e. The number of carbonyl (C=O) groups excluding carboxylic acids is 2. The monoisotopic (exact) mass is 278 g/mol. The van der Waals surface area contributed by atoms with Gasteiger partial charge in [-0.2, -0.15) is 0 Å². The second kappa shape index (κ2) is 5.94. The number of aryl methyl sites for hydroxylation is 1. The molecule has 0 atom stereocenters. The maximum atomic E-state index is 12.0. The molecule has 0 saturated carbocycles. The maximum Gasteiger partial charge on any atom is 0.305 e. The van der Waals surface area contributed by atoms with Crippen LogP contribution in [-0.2, 0) is 22.4 Å². The third kappa shape index (κ3) is 2.48. The lowest BCUT2D eigenvalue weighted by Crippen LogP contribution is -2.06. The first-order valence-corrected chi connectivity index (χ1v) is 6.49. The van der Waals surface area contributed by atoms with Crippen molar-refractivity contribution in [3.05, 3.63) is 22.8 Å². The molecule has 20 heavy (non-hydrogen) atoms. The molecule has 2 rings (SSSR count). The van der Waals surface area contributed by atoms with Gasteiger partial charge >= 0.3 is 5.97 Å². The minimum atomic E-state index is -0.266. The van der Waals surface area contributed by atoms with Crippen molar-refractivity contribution in [2.45, 2.75) is 25.7 Å². The highest BCUT2D eigenvalue weighted by molar-refractivity contribution is 6.04. The molecule has 0 N–H and O–H groups in total. The number of methoxy groups -OCH3 is 3. The number of hydrogen-bond acceptors (Lipinski definition) is 5. The molecule has 5 heteroatoms. The SMILES string of the molecule is COC(=O)CCc1cc(OC)c(OC)c2c1CCC2=O. The fraction of sp³-hybridized carbons (Fsp3) is 0.467. The minimum Gasteiger partial charge on any atom is -0.493 e. The van der Waals surface area contributed by atoms with Gasteiger partial charge in [-0.15, -0.1) is 0 Å². The van der Waals surface area contributed by atoms with Crippen LogP contribution in [0.2, 0.25) is 0 Å². The van der Waals surface area contributed by atoms with E-state index < -0.39 is 0 Å². The predicted octanol–water partition coefficient (Wildman–Crippen LogP) is 1.94. The Morgan fingerprint density at radius 1 is 1.20 bits per heavy atom. The van der Waals surface area contributed by atoms with E-state index in [0.717, 1.165) is 11.1 Å². The predicted molar refractivity (Wildman–Crippen MR) is 72.5 cm³/mol. The van der Waals surface area contributed by atoms with Crippen LogP contribution in [-0.4, -0.2) is 33.1 Å². The summed E-state index contributed by atoms with van der Waals surface area (Å²) < 4.78 is 15.3. The Balaban J connectivity index is 2.43. The second-order valence-corrected chi connectivity index (χ2v) is 4.62. The summed E-state index contributed by atoms with van der Waals surface area (Å²) in [4.78, 5) is 23.3. The smallest absolute Gasteiger partial charge is 0.305 e. The van der Waals surface area contributed by atoms with Crippen LogP contribution in [0.15, 0.2) is 6.07 Å². The molecule has 0 fully saturated rings. The van der Waals surface area contributed by atoms with Crippen LogP contribution in [0.3, 0.4) is 0 Å². The molecule has 0 aliphatic heterocycles. The molecule has 1 aliphatic carbocycles. The van der Waals surface area contributed by atoms with Crippen molar-refractivity contribution in [1.82, 2.24) is 0 Å². The third-order valence-electron chi connectivity index (χ3n) is 3.58.